The summed E-state index contributed by atoms with van der Waals surface area (Å²) >= 11 is 0. The number of hydrogen-bond acceptors (Lipinski definition) is 2. The second-order valence-corrected chi connectivity index (χ2v) is 4.53. The van der Waals surface area contributed by atoms with Crippen molar-refractivity contribution in [2.45, 2.75) is 25.8 Å². The molecular formula is C12H17FN2O. The molecule has 0 aliphatic heterocycles. The van der Waals surface area contributed by atoms with E-state index >= 15 is 0 Å². The zero-order valence-electron chi connectivity index (χ0n) is 9.59. The number of nitrogens with one attached hydrogen (secondary N) is 1. The smallest absolute Gasteiger partial charge is 0.224 e. The Bertz CT molecular complexity index is 372. The van der Waals surface area contributed by atoms with Crippen LogP contribution in [0.3, 0.4) is 0 Å². The molecule has 0 bridgehead atoms. The lowest BCUT2D eigenvalue weighted by Gasteiger charge is -2.18. The van der Waals surface area contributed by atoms with Crippen molar-refractivity contribution in [1.82, 2.24) is 5.32 Å². The Kier molecular flexibility index (Phi) is 4.01. The third-order valence-corrected chi connectivity index (χ3v) is 2.05. The molecule has 88 valence electrons. The number of rotatable bonds is 4. The average molecular weight is 224 g/mol. The average Bonchev–Trinajstić information content (AvgIpc) is 2.18. The number of carbonyl (C=O) groups is 1. The van der Waals surface area contributed by atoms with Gasteiger partial charge in [0.05, 0.1) is 6.42 Å². The van der Waals surface area contributed by atoms with E-state index in [-0.39, 0.29) is 18.1 Å². The zero-order chi connectivity index (χ0) is 12.2. The molecule has 1 rings (SSSR count). The van der Waals surface area contributed by atoms with Crippen molar-refractivity contribution in [2.24, 2.45) is 5.73 Å². The predicted octanol–water partition coefficient (Wildman–Crippen LogP) is 1.22. The van der Waals surface area contributed by atoms with Crippen molar-refractivity contribution in [2.75, 3.05) is 6.54 Å². The van der Waals surface area contributed by atoms with E-state index in [0.717, 1.165) is 0 Å². The quantitative estimate of drug-likeness (QED) is 0.808. The van der Waals surface area contributed by atoms with Crippen molar-refractivity contribution < 1.29 is 9.18 Å². The summed E-state index contributed by atoms with van der Waals surface area (Å²) in [5, 5.41) is 2.67. The van der Waals surface area contributed by atoms with Gasteiger partial charge in [-0.15, -0.1) is 0 Å². The molecule has 3 nitrogen and oxygen atoms in total. The lowest BCUT2D eigenvalue weighted by Crippen LogP contribution is -2.45. The van der Waals surface area contributed by atoms with Crippen LogP contribution in [0.5, 0.6) is 0 Å². The highest BCUT2D eigenvalue weighted by Crippen LogP contribution is 2.06. The zero-order valence-corrected chi connectivity index (χ0v) is 9.59. The Morgan fingerprint density at radius 1 is 1.44 bits per heavy atom. The summed E-state index contributed by atoms with van der Waals surface area (Å²) in [6.07, 6.45) is 0.0444. The third kappa shape index (κ3) is 4.40. The third-order valence-electron chi connectivity index (χ3n) is 2.05. The normalized spacial score (nSPS) is 11.2. The summed E-state index contributed by atoms with van der Waals surface area (Å²) in [4.78, 5) is 11.5. The SMILES string of the molecule is CC(C)(N)CNC(=O)Cc1ccccc1F. The molecule has 0 fully saturated rings. The summed E-state index contributed by atoms with van der Waals surface area (Å²) in [6.45, 7) is 4.01. The molecule has 4 heteroatoms. The van der Waals surface area contributed by atoms with E-state index in [4.69, 9.17) is 5.73 Å². The predicted molar refractivity (Wildman–Crippen MR) is 61.4 cm³/mol. The minimum absolute atomic E-state index is 0.0444. The lowest BCUT2D eigenvalue weighted by molar-refractivity contribution is -0.120. The first-order chi connectivity index (χ1) is 7.38. The Hall–Kier alpha value is -1.42. The van der Waals surface area contributed by atoms with Gasteiger partial charge in [0.15, 0.2) is 0 Å². The second kappa shape index (κ2) is 5.07. The van der Waals surface area contributed by atoms with E-state index in [2.05, 4.69) is 5.32 Å². The van der Waals surface area contributed by atoms with Gasteiger partial charge < -0.3 is 11.1 Å². The van der Waals surface area contributed by atoms with Crippen molar-refractivity contribution in [3.8, 4) is 0 Å². The molecule has 0 radical (unpaired) electrons. The number of amides is 1. The summed E-state index contributed by atoms with van der Waals surface area (Å²) in [5.74, 6) is -0.576. The van der Waals surface area contributed by atoms with Crippen LogP contribution in [0.15, 0.2) is 24.3 Å². The van der Waals surface area contributed by atoms with Gasteiger partial charge in [-0.05, 0) is 25.5 Å². The molecule has 0 saturated carbocycles. The van der Waals surface area contributed by atoms with Crippen LogP contribution in [0.1, 0.15) is 19.4 Å². The molecule has 0 atom stereocenters. The number of hydrogen-bond donors (Lipinski definition) is 2. The monoisotopic (exact) mass is 224 g/mol. The van der Waals surface area contributed by atoms with Crippen LogP contribution in [-0.4, -0.2) is 18.0 Å². The van der Waals surface area contributed by atoms with Gasteiger partial charge in [0.1, 0.15) is 5.82 Å². The number of benzene rings is 1. The maximum atomic E-state index is 13.2. The van der Waals surface area contributed by atoms with E-state index in [1.165, 1.54) is 6.07 Å². The van der Waals surface area contributed by atoms with Gasteiger partial charge in [0.25, 0.3) is 0 Å². The van der Waals surface area contributed by atoms with E-state index in [1.807, 2.05) is 13.8 Å². The van der Waals surface area contributed by atoms with Crippen LogP contribution in [0.25, 0.3) is 0 Å². The highest BCUT2D eigenvalue weighted by Gasteiger charge is 2.13. The molecule has 16 heavy (non-hydrogen) atoms. The molecule has 0 heterocycles. The Labute approximate surface area is 94.8 Å². The second-order valence-electron chi connectivity index (χ2n) is 4.53. The van der Waals surface area contributed by atoms with E-state index < -0.39 is 5.54 Å². The molecule has 0 aromatic heterocycles. The van der Waals surface area contributed by atoms with Gasteiger partial charge in [-0.25, -0.2) is 4.39 Å². The van der Waals surface area contributed by atoms with Crippen LogP contribution in [-0.2, 0) is 11.2 Å². The fraction of sp³-hybridized carbons (Fsp3) is 0.417. The van der Waals surface area contributed by atoms with Crippen LogP contribution in [0, 0.1) is 5.82 Å². The van der Waals surface area contributed by atoms with E-state index in [1.54, 1.807) is 18.2 Å². The van der Waals surface area contributed by atoms with Crippen molar-refractivity contribution in [1.29, 1.82) is 0 Å². The molecule has 0 aliphatic rings. The fourth-order valence-corrected chi connectivity index (χ4v) is 1.20. The van der Waals surface area contributed by atoms with Gasteiger partial charge in [0.2, 0.25) is 5.91 Å². The van der Waals surface area contributed by atoms with E-state index in [9.17, 15) is 9.18 Å². The standard InChI is InChI=1S/C12H17FN2O/c1-12(2,14)8-15-11(16)7-9-5-3-4-6-10(9)13/h3-6H,7-8,14H2,1-2H3,(H,15,16). The molecular weight excluding hydrogens is 207 g/mol. The minimum Gasteiger partial charge on any atom is -0.354 e. The Balaban J connectivity index is 2.50. The van der Waals surface area contributed by atoms with Gasteiger partial charge >= 0.3 is 0 Å². The largest absolute Gasteiger partial charge is 0.354 e. The number of carbonyl (C=O) groups excluding carboxylic acids is 1. The van der Waals surface area contributed by atoms with Crippen molar-refractivity contribution in [3.63, 3.8) is 0 Å². The van der Waals surface area contributed by atoms with Gasteiger partial charge in [-0.3, -0.25) is 4.79 Å². The molecule has 1 aromatic rings. The number of nitrogens with two attached hydrogens (primary N) is 1. The molecule has 0 spiro atoms. The van der Waals surface area contributed by atoms with Crippen LogP contribution >= 0.6 is 0 Å². The molecule has 0 saturated heterocycles. The van der Waals surface area contributed by atoms with Crippen molar-refractivity contribution >= 4 is 5.91 Å². The Morgan fingerprint density at radius 2 is 2.06 bits per heavy atom. The molecule has 1 amide bonds. The highest BCUT2D eigenvalue weighted by atomic mass is 19.1. The van der Waals surface area contributed by atoms with E-state index in [0.29, 0.717) is 12.1 Å². The molecule has 0 unspecified atom stereocenters. The Morgan fingerprint density at radius 3 is 2.62 bits per heavy atom. The summed E-state index contributed by atoms with van der Waals surface area (Å²) in [5.41, 5.74) is 5.66. The van der Waals surface area contributed by atoms with Crippen LogP contribution in [0.2, 0.25) is 0 Å². The van der Waals surface area contributed by atoms with Crippen LogP contribution < -0.4 is 11.1 Å². The molecule has 1 aromatic carbocycles. The first-order valence-corrected chi connectivity index (χ1v) is 5.17. The van der Waals surface area contributed by atoms with Crippen molar-refractivity contribution in [3.05, 3.63) is 35.6 Å². The highest BCUT2D eigenvalue weighted by molar-refractivity contribution is 5.78. The summed E-state index contributed by atoms with van der Waals surface area (Å²) in [7, 11) is 0. The molecule has 3 N–H and O–H groups in total. The van der Waals surface area contributed by atoms with Gasteiger partial charge in [0, 0.05) is 12.1 Å². The fourth-order valence-electron chi connectivity index (χ4n) is 1.20. The van der Waals surface area contributed by atoms with Gasteiger partial charge in [-0.1, -0.05) is 18.2 Å². The summed E-state index contributed by atoms with van der Waals surface area (Å²) < 4.78 is 13.2. The topological polar surface area (TPSA) is 55.1 Å². The maximum absolute atomic E-state index is 13.2. The molecule has 0 aliphatic carbocycles. The first kappa shape index (κ1) is 12.6. The van der Waals surface area contributed by atoms with Crippen LogP contribution in [0.4, 0.5) is 4.39 Å². The number of halogens is 1. The maximum Gasteiger partial charge on any atom is 0.224 e. The minimum atomic E-state index is -0.453. The van der Waals surface area contributed by atoms with Gasteiger partial charge in [-0.2, -0.15) is 0 Å². The summed E-state index contributed by atoms with van der Waals surface area (Å²) in [6, 6.07) is 6.25. The lowest BCUT2D eigenvalue weighted by atomic mass is 10.1. The first-order valence-electron chi connectivity index (χ1n) is 5.17.